The molecule has 0 N–H and O–H groups in total. The molecule has 0 aromatic rings. The molecule has 0 aromatic heterocycles. The topological polar surface area (TPSA) is 0 Å². The SMILES string of the molecule is CCCC1=C(CCC)C(Br)=[C]C1. The molecule has 67 valence electrons. The Morgan fingerprint density at radius 1 is 1.25 bits per heavy atom. The molecule has 0 aliphatic heterocycles. The first-order valence-corrected chi connectivity index (χ1v) is 5.56. The molecule has 0 aromatic carbocycles. The molecule has 0 spiro atoms. The molecule has 0 bridgehead atoms. The van der Waals surface area contributed by atoms with E-state index in [2.05, 4.69) is 35.9 Å². The molecule has 12 heavy (non-hydrogen) atoms. The van der Waals surface area contributed by atoms with Crippen LogP contribution in [-0.2, 0) is 0 Å². The molecule has 0 atom stereocenters. The third-order valence-corrected chi connectivity index (χ3v) is 2.96. The third kappa shape index (κ3) is 2.22. The zero-order valence-electron chi connectivity index (χ0n) is 7.91. The lowest BCUT2D eigenvalue weighted by molar-refractivity contribution is 0.844. The molecule has 0 fully saturated rings. The van der Waals surface area contributed by atoms with Gasteiger partial charge in [0.05, 0.1) is 0 Å². The average molecular weight is 228 g/mol. The molecule has 0 saturated heterocycles. The number of halogens is 1. The fraction of sp³-hybridized carbons (Fsp3) is 0.636. The van der Waals surface area contributed by atoms with Crippen LogP contribution in [0.1, 0.15) is 46.0 Å². The van der Waals surface area contributed by atoms with E-state index >= 15 is 0 Å². The minimum absolute atomic E-state index is 1.06. The van der Waals surface area contributed by atoms with Crippen LogP contribution in [0.15, 0.2) is 15.6 Å². The zero-order valence-corrected chi connectivity index (χ0v) is 9.50. The van der Waals surface area contributed by atoms with Gasteiger partial charge in [0.15, 0.2) is 0 Å². The summed E-state index contributed by atoms with van der Waals surface area (Å²) in [5.41, 5.74) is 3.13. The second-order valence-electron chi connectivity index (χ2n) is 3.25. The maximum absolute atomic E-state index is 3.56. The van der Waals surface area contributed by atoms with Crippen LogP contribution in [0.3, 0.4) is 0 Å². The van der Waals surface area contributed by atoms with Gasteiger partial charge in [-0.05, 0) is 30.9 Å². The van der Waals surface area contributed by atoms with Gasteiger partial charge < -0.3 is 0 Å². The van der Waals surface area contributed by atoms with E-state index in [1.807, 2.05) is 0 Å². The summed E-state index contributed by atoms with van der Waals surface area (Å²) in [7, 11) is 0. The Bertz CT molecular complexity index is 211. The quantitative estimate of drug-likeness (QED) is 0.670. The van der Waals surface area contributed by atoms with Gasteiger partial charge in [-0.15, -0.1) is 0 Å². The first-order valence-electron chi connectivity index (χ1n) is 4.77. The van der Waals surface area contributed by atoms with Crippen molar-refractivity contribution in [2.45, 2.75) is 46.0 Å². The molecule has 1 aliphatic carbocycles. The highest BCUT2D eigenvalue weighted by atomic mass is 79.9. The number of hydrogen-bond donors (Lipinski definition) is 0. The van der Waals surface area contributed by atoms with E-state index in [1.165, 1.54) is 35.7 Å². The lowest BCUT2D eigenvalue weighted by Gasteiger charge is -2.05. The number of rotatable bonds is 4. The Hall–Kier alpha value is -0.0400. The Morgan fingerprint density at radius 3 is 2.50 bits per heavy atom. The largest absolute Gasteiger partial charge is 0.0651 e. The smallest absolute Gasteiger partial charge is 0.0245 e. The molecule has 1 radical (unpaired) electrons. The summed E-state index contributed by atoms with van der Waals surface area (Å²) in [6.07, 6.45) is 9.36. The molecular weight excluding hydrogens is 212 g/mol. The summed E-state index contributed by atoms with van der Waals surface area (Å²) < 4.78 is 1.23. The van der Waals surface area contributed by atoms with E-state index in [1.54, 1.807) is 5.57 Å². The normalized spacial score (nSPS) is 17.1. The summed E-state index contributed by atoms with van der Waals surface area (Å²) in [5.74, 6) is 0. The van der Waals surface area contributed by atoms with Crippen molar-refractivity contribution in [2.24, 2.45) is 0 Å². The lowest BCUT2D eigenvalue weighted by Crippen LogP contribution is -1.86. The first kappa shape index (κ1) is 10.0. The van der Waals surface area contributed by atoms with Crippen LogP contribution in [0.25, 0.3) is 0 Å². The Balaban J connectivity index is 2.67. The minimum atomic E-state index is 1.06. The standard InChI is InChI=1S/C11H16Br/c1-3-5-9-7-8-11(12)10(9)6-4-2/h3-7H2,1-2H3. The molecule has 0 amide bonds. The minimum Gasteiger partial charge on any atom is -0.0651 e. The van der Waals surface area contributed by atoms with Crippen LogP contribution in [0, 0.1) is 6.08 Å². The van der Waals surface area contributed by atoms with Crippen LogP contribution in [0.5, 0.6) is 0 Å². The van der Waals surface area contributed by atoms with Crippen molar-refractivity contribution in [1.82, 2.24) is 0 Å². The lowest BCUT2D eigenvalue weighted by atomic mass is 10.0. The van der Waals surface area contributed by atoms with Gasteiger partial charge in [0.2, 0.25) is 0 Å². The summed E-state index contributed by atoms with van der Waals surface area (Å²) in [6.45, 7) is 4.47. The summed E-state index contributed by atoms with van der Waals surface area (Å²) >= 11 is 3.56. The zero-order chi connectivity index (χ0) is 8.97. The van der Waals surface area contributed by atoms with Crippen molar-refractivity contribution in [3.05, 3.63) is 21.7 Å². The summed E-state index contributed by atoms with van der Waals surface area (Å²) in [4.78, 5) is 0. The molecular formula is C11H16Br. The van der Waals surface area contributed by atoms with E-state index in [0.717, 1.165) is 6.42 Å². The fourth-order valence-electron chi connectivity index (χ4n) is 1.63. The predicted octanol–water partition coefficient (Wildman–Crippen LogP) is 4.37. The van der Waals surface area contributed by atoms with Gasteiger partial charge in [0, 0.05) is 4.48 Å². The maximum Gasteiger partial charge on any atom is 0.0245 e. The summed E-state index contributed by atoms with van der Waals surface area (Å²) in [5, 5.41) is 0. The predicted molar refractivity (Wildman–Crippen MR) is 57.1 cm³/mol. The fourth-order valence-corrected chi connectivity index (χ4v) is 2.25. The Morgan fingerprint density at radius 2 is 1.92 bits per heavy atom. The van der Waals surface area contributed by atoms with Gasteiger partial charge in [-0.25, -0.2) is 0 Å². The van der Waals surface area contributed by atoms with Crippen LogP contribution < -0.4 is 0 Å². The Kier molecular flexibility index (Phi) is 4.07. The van der Waals surface area contributed by atoms with E-state index in [9.17, 15) is 0 Å². The molecule has 0 unspecified atom stereocenters. The second-order valence-corrected chi connectivity index (χ2v) is 4.04. The van der Waals surface area contributed by atoms with Crippen molar-refractivity contribution >= 4 is 15.9 Å². The van der Waals surface area contributed by atoms with E-state index < -0.39 is 0 Å². The highest BCUT2D eigenvalue weighted by Gasteiger charge is 2.13. The molecule has 0 nitrogen and oxygen atoms in total. The summed E-state index contributed by atoms with van der Waals surface area (Å²) in [6, 6.07) is 0. The second kappa shape index (κ2) is 4.86. The van der Waals surface area contributed by atoms with E-state index in [-0.39, 0.29) is 0 Å². The van der Waals surface area contributed by atoms with Gasteiger partial charge >= 0.3 is 0 Å². The van der Waals surface area contributed by atoms with Crippen molar-refractivity contribution < 1.29 is 0 Å². The van der Waals surface area contributed by atoms with Gasteiger partial charge in [-0.1, -0.05) is 48.2 Å². The van der Waals surface area contributed by atoms with Crippen LogP contribution in [0.4, 0.5) is 0 Å². The van der Waals surface area contributed by atoms with Crippen molar-refractivity contribution in [1.29, 1.82) is 0 Å². The van der Waals surface area contributed by atoms with Gasteiger partial charge in [-0.3, -0.25) is 0 Å². The van der Waals surface area contributed by atoms with Crippen molar-refractivity contribution in [3.63, 3.8) is 0 Å². The molecule has 1 rings (SSSR count). The van der Waals surface area contributed by atoms with Crippen LogP contribution >= 0.6 is 15.9 Å². The number of hydrogen-bond acceptors (Lipinski definition) is 0. The molecule has 1 heteroatoms. The third-order valence-electron chi connectivity index (χ3n) is 2.20. The number of allylic oxidation sites excluding steroid dienone is 4. The van der Waals surface area contributed by atoms with Crippen LogP contribution in [0.2, 0.25) is 0 Å². The molecule has 0 heterocycles. The van der Waals surface area contributed by atoms with Crippen LogP contribution in [-0.4, -0.2) is 0 Å². The molecule has 1 aliphatic rings. The first-order chi connectivity index (χ1) is 5.79. The van der Waals surface area contributed by atoms with Gasteiger partial charge in [-0.2, -0.15) is 0 Å². The highest BCUT2D eigenvalue weighted by molar-refractivity contribution is 9.11. The monoisotopic (exact) mass is 227 g/mol. The van der Waals surface area contributed by atoms with Crippen molar-refractivity contribution in [3.8, 4) is 0 Å². The highest BCUT2D eigenvalue weighted by Crippen LogP contribution is 2.34. The molecule has 0 saturated carbocycles. The van der Waals surface area contributed by atoms with E-state index in [4.69, 9.17) is 0 Å². The Labute approximate surface area is 83.9 Å². The maximum atomic E-state index is 3.56. The van der Waals surface area contributed by atoms with E-state index in [0.29, 0.717) is 0 Å². The van der Waals surface area contributed by atoms with Gasteiger partial charge in [0.1, 0.15) is 0 Å². The van der Waals surface area contributed by atoms with Crippen molar-refractivity contribution in [2.75, 3.05) is 0 Å². The average Bonchev–Trinajstić information content (AvgIpc) is 2.37. The van der Waals surface area contributed by atoms with Gasteiger partial charge in [0.25, 0.3) is 0 Å².